The molecule has 2 aromatic carbocycles. The van der Waals surface area contributed by atoms with Crippen molar-refractivity contribution in [1.29, 1.82) is 0 Å². The molecule has 10 heteroatoms. The van der Waals surface area contributed by atoms with Gasteiger partial charge in [0.15, 0.2) is 0 Å². The van der Waals surface area contributed by atoms with Crippen molar-refractivity contribution in [3.05, 3.63) is 59.2 Å². The van der Waals surface area contributed by atoms with Gasteiger partial charge in [0.1, 0.15) is 23.3 Å². The molecule has 0 unspecified atom stereocenters. The van der Waals surface area contributed by atoms with E-state index in [0.717, 1.165) is 30.8 Å². The zero-order chi connectivity index (χ0) is 29.7. The molecule has 220 valence electrons. The van der Waals surface area contributed by atoms with Crippen LogP contribution in [0.25, 0.3) is 16.0 Å². The van der Waals surface area contributed by atoms with Gasteiger partial charge in [-0.15, -0.1) is 0 Å². The van der Waals surface area contributed by atoms with E-state index in [1.165, 1.54) is 12.1 Å². The molecule has 0 bridgehead atoms. The van der Waals surface area contributed by atoms with E-state index >= 15 is 4.39 Å². The number of halogens is 2. The van der Waals surface area contributed by atoms with Crippen molar-refractivity contribution in [2.75, 3.05) is 32.8 Å². The molecule has 2 fully saturated rings. The highest BCUT2D eigenvalue weighted by molar-refractivity contribution is 5.98. The number of carbonyl (C=O) groups is 2. The number of hydrogen-bond donors (Lipinski definition) is 2. The second-order valence-electron chi connectivity index (χ2n) is 11.1. The number of benzene rings is 2. The summed E-state index contributed by atoms with van der Waals surface area (Å²) in [6.45, 7) is 13.9. The maximum atomic E-state index is 15.1. The van der Waals surface area contributed by atoms with E-state index in [2.05, 4.69) is 9.74 Å². The summed E-state index contributed by atoms with van der Waals surface area (Å²) in [6.07, 6.45) is 1.94. The fourth-order valence-corrected chi connectivity index (χ4v) is 5.63. The van der Waals surface area contributed by atoms with Crippen LogP contribution < -0.4 is 10.5 Å². The number of nitrogens with zero attached hydrogens (tertiary/aromatic N) is 3. The van der Waals surface area contributed by atoms with E-state index in [9.17, 15) is 19.1 Å². The first-order chi connectivity index (χ1) is 19.6. The van der Waals surface area contributed by atoms with Crippen molar-refractivity contribution in [1.82, 2.24) is 9.80 Å². The topological polar surface area (TPSA) is 100 Å². The molecule has 0 saturated carbocycles. The minimum Gasteiger partial charge on any atom is -0.504 e. The molecule has 0 aliphatic carbocycles. The van der Waals surface area contributed by atoms with E-state index in [1.807, 2.05) is 13.8 Å². The number of β-amino-alcohol motifs (C(OH)–C–C–N with tert-alkyl or cyclic N) is 1. The number of primary amides is 1. The van der Waals surface area contributed by atoms with Gasteiger partial charge in [-0.2, -0.15) is 0 Å². The number of piperidine rings is 1. The number of amides is 2. The van der Waals surface area contributed by atoms with E-state index in [0.29, 0.717) is 54.5 Å². The van der Waals surface area contributed by atoms with Crippen molar-refractivity contribution in [2.24, 2.45) is 11.7 Å². The Hall–Kier alpha value is -3.55. The van der Waals surface area contributed by atoms with Crippen LogP contribution in [-0.4, -0.2) is 77.3 Å². The van der Waals surface area contributed by atoms with Crippen molar-refractivity contribution in [2.45, 2.75) is 63.8 Å². The largest absolute Gasteiger partial charge is 0.504 e. The van der Waals surface area contributed by atoms with Crippen LogP contribution in [0.5, 0.6) is 5.75 Å². The average molecular weight is 569 g/mol. The Morgan fingerprint density at radius 2 is 1.80 bits per heavy atom. The standard InChI is InChI=1S/C31H38F2N4O4/c1-4-31(33,5-2)19-36-12-10-20(11-13-36)18-41-28-9-7-22(15-26(28)35-3)21-6-8-24(25(32)14-21)30(40)37-17-23(38)16-27(37)29(34)39/h6-9,14-15,20,23,27,38H,4-5,10-13,16-19H2,1-2H3,(H2,34,39)/t23-,27+/m1/s1. The molecule has 0 radical (unpaired) electrons. The summed E-state index contributed by atoms with van der Waals surface area (Å²) in [7, 11) is 0. The third kappa shape index (κ3) is 7.03. The van der Waals surface area contributed by atoms with Crippen molar-refractivity contribution >= 4 is 17.5 Å². The minimum absolute atomic E-state index is 0.0193. The second-order valence-corrected chi connectivity index (χ2v) is 11.1. The lowest BCUT2D eigenvalue weighted by Gasteiger charge is -2.36. The number of aliphatic hydroxyl groups is 1. The van der Waals surface area contributed by atoms with Crippen molar-refractivity contribution in [3.63, 3.8) is 0 Å². The van der Waals surface area contributed by atoms with Gasteiger partial charge in [-0.05, 0) is 80.1 Å². The molecule has 41 heavy (non-hydrogen) atoms. The van der Waals surface area contributed by atoms with Gasteiger partial charge in [-0.1, -0.05) is 26.0 Å². The monoisotopic (exact) mass is 568 g/mol. The summed E-state index contributed by atoms with van der Waals surface area (Å²) < 4.78 is 35.9. The Morgan fingerprint density at radius 3 is 2.41 bits per heavy atom. The molecule has 0 spiro atoms. The maximum absolute atomic E-state index is 15.1. The second kappa shape index (κ2) is 13.0. The summed E-state index contributed by atoms with van der Waals surface area (Å²) in [5, 5.41) is 9.88. The summed E-state index contributed by atoms with van der Waals surface area (Å²) in [5.41, 5.74) is 5.34. The van der Waals surface area contributed by atoms with Crippen molar-refractivity contribution < 1.29 is 28.2 Å². The van der Waals surface area contributed by atoms with E-state index in [1.54, 1.807) is 24.3 Å². The Labute approximate surface area is 239 Å². The molecule has 2 aliphatic heterocycles. The van der Waals surface area contributed by atoms with Crippen molar-refractivity contribution in [3.8, 4) is 16.9 Å². The molecule has 3 N–H and O–H groups in total. The summed E-state index contributed by atoms with van der Waals surface area (Å²) >= 11 is 0. The van der Waals surface area contributed by atoms with Crippen LogP contribution in [0.4, 0.5) is 14.5 Å². The Bertz CT molecular complexity index is 1300. The van der Waals surface area contributed by atoms with Crippen LogP contribution in [0.15, 0.2) is 36.4 Å². The lowest BCUT2D eigenvalue weighted by atomic mass is 9.94. The number of carbonyl (C=O) groups excluding carboxylic acids is 2. The first-order valence-electron chi connectivity index (χ1n) is 14.2. The van der Waals surface area contributed by atoms with Gasteiger partial charge in [0, 0.05) is 19.5 Å². The number of hydrogen-bond acceptors (Lipinski definition) is 5. The highest BCUT2D eigenvalue weighted by Gasteiger charge is 2.39. The number of nitrogens with two attached hydrogens (primary N) is 1. The minimum atomic E-state index is -1.14. The van der Waals surface area contributed by atoms with Gasteiger partial charge in [0.05, 0.1) is 24.8 Å². The van der Waals surface area contributed by atoms with Crippen LogP contribution in [0.2, 0.25) is 0 Å². The van der Waals surface area contributed by atoms with Crippen LogP contribution in [0.3, 0.4) is 0 Å². The molecule has 2 heterocycles. The van der Waals surface area contributed by atoms with E-state index in [-0.39, 0.29) is 18.5 Å². The molecular formula is C31H38F2N4O4. The highest BCUT2D eigenvalue weighted by Crippen LogP contribution is 2.35. The molecule has 2 atom stereocenters. The predicted octanol–water partition coefficient (Wildman–Crippen LogP) is 4.72. The Morgan fingerprint density at radius 1 is 1.15 bits per heavy atom. The molecule has 4 rings (SSSR count). The Kier molecular flexibility index (Phi) is 9.61. The predicted molar refractivity (Wildman–Crippen MR) is 152 cm³/mol. The molecule has 2 aliphatic rings. The third-order valence-corrected chi connectivity index (χ3v) is 8.44. The molecule has 8 nitrogen and oxygen atoms in total. The summed E-state index contributed by atoms with van der Waals surface area (Å²) in [5.74, 6) is -1.49. The lowest BCUT2D eigenvalue weighted by Crippen LogP contribution is -2.44. The van der Waals surface area contributed by atoms with Gasteiger partial charge >= 0.3 is 0 Å². The normalized spacial score (nSPS) is 20.1. The van der Waals surface area contributed by atoms with Crippen LogP contribution in [0, 0.1) is 18.3 Å². The summed E-state index contributed by atoms with van der Waals surface area (Å²) in [4.78, 5) is 31.5. The molecule has 0 aromatic heterocycles. The quantitative estimate of drug-likeness (QED) is 0.404. The molecular weight excluding hydrogens is 530 g/mol. The Balaban J connectivity index is 1.39. The summed E-state index contributed by atoms with van der Waals surface area (Å²) in [6, 6.07) is 8.17. The number of likely N-dealkylation sites (tertiary alicyclic amines) is 2. The smallest absolute Gasteiger partial charge is 0.257 e. The molecule has 2 amide bonds. The van der Waals surface area contributed by atoms with Gasteiger partial charge in [-0.25, -0.2) is 13.6 Å². The zero-order valence-electron chi connectivity index (χ0n) is 23.6. The van der Waals surface area contributed by atoms with Crippen LogP contribution in [-0.2, 0) is 4.79 Å². The van der Waals surface area contributed by atoms with E-state index < -0.39 is 35.4 Å². The molecule has 2 aromatic rings. The highest BCUT2D eigenvalue weighted by atomic mass is 19.1. The third-order valence-electron chi connectivity index (χ3n) is 8.44. The number of ether oxygens (including phenoxy) is 1. The lowest BCUT2D eigenvalue weighted by molar-refractivity contribution is -0.121. The van der Waals surface area contributed by atoms with Crippen LogP contribution >= 0.6 is 0 Å². The van der Waals surface area contributed by atoms with Crippen LogP contribution in [0.1, 0.15) is 56.3 Å². The van der Waals surface area contributed by atoms with Gasteiger partial charge in [0.2, 0.25) is 11.6 Å². The first-order valence-corrected chi connectivity index (χ1v) is 14.2. The first kappa shape index (κ1) is 30.4. The zero-order valence-corrected chi connectivity index (χ0v) is 23.6. The fourth-order valence-electron chi connectivity index (χ4n) is 5.63. The fraction of sp³-hybridized carbons (Fsp3) is 0.516. The van der Waals surface area contributed by atoms with E-state index in [4.69, 9.17) is 17.0 Å². The maximum Gasteiger partial charge on any atom is 0.257 e. The number of aliphatic hydroxyl groups excluding tert-OH is 1. The van der Waals surface area contributed by atoms with Gasteiger partial charge < -0.3 is 25.4 Å². The average Bonchev–Trinajstić information content (AvgIpc) is 3.38. The van der Waals surface area contributed by atoms with Gasteiger partial charge in [-0.3, -0.25) is 9.59 Å². The van der Waals surface area contributed by atoms with Gasteiger partial charge in [0.25, 0.3) is 5.91 Å². The SMILES string of the molecule is [C-]#[N+]c1cc(-c2ccc(C(=O)N3C[C@H](O)C[C@H]3C(N)=O)c(F)c2)ccc1OCC1CCN(CC(F)(CC)CC)CC1. The molecule has 2 saturated heterocycles. The number of alkyl halides is 1. The number of rotatable bonds is 10.